The minimum absolute atomic E-state index is 0.0349. The minimum Gasteiger partial charge on any atom is -0.459 e. The summed E-state index contributed by atoms with van der Waals surface area (Å²) in [5.74, 6) is -15.4. The molecule has 0 radical (unpaired) electrons. The summed E-state index contributed by atoms with van der Waals surface area (Å²) in [6, 6.07) is 87.5. The zero-order chi connectivity index (χ0) is 88.9. The van der Waals surface area contributed by atoms with Crippen LogP contribution in [0.3, 0.4) is 0 Å². The summed E-state index contributed by atoms with van der Waals surface area (Å²) in [6.45, 7) is -1.76. The molecule has 0 aromatic heterocycles. The van der Waals surface area contributed by atoms with Crippen LogP contribution in [0.5, 0.6) is 34.5 Å². The van der Waals surface area contributed by atoms with Gasteiger partial charge in [0.2, 0.25) is 36.3 Å². The predicted molar refractivity (Wildman–Crippen MR) is 453 cm³/mol. The molecule has 129 heavy (non-hydrogen) atoms. The lowest BCUT2D eigenvalue weighted by molar-refractivity contribution is -0.276. The number of carbonyl (C=O) groups is 11. The average molecular weight is 1730 g/mol. The van der Waals surface area contributed by atoms with E-state index in [2.05, 4.69) is 0 Å². The van der Waals surface area contributed by atoms with E-state index in [1.165, 1.54) is 176 Å². The fourth-order valence-electron chi connectivity index (χ4n) is 15.0. The Labute approximate surface area is 734 Å². The molecular weight excluding hydrogens is 1660 g/mol. The molecule has 27 nitrogen and oxygen atoms in total. The van der Waals surface area contributed by atoms with E-state index in [0.717, 1.165) is 0 Å². The molecule has 4 heterocycles. The first-order valence-electron chi connectivity index (χ1n) is 40.6. The molecule has 4 aliphatic rings. The van der Waals surface area contributed by atoms with Gasteiger partial charge in [0, 0.05) is 5.56 Å². The lowest BCUT2D eigenvalue weighted by Crippen LogP contribution is -2.64. The molecule has 13 aromatic rings. The van der Waals surface area contributed by atoms with E-state index in [-0.39, 0.29) is 77.9 Å². The Bertz CT molecular complexity index is 5970. The topological polar surface area (TPSA) is 335 Å². The second-order valence-corrected chi connectivity index (χ2v) is 29.4. The Kier molecular flexibility index (Phi) is 25.1. The molecule has 13 aromatic carbocycles. The third kappa shape index (κ3) is 18.4. The normalized spacial score (nSPS) is 18.9. The highest BCUT2D eigenvalue weighted by molar-refractivity contribution is 5.99. The van der Waals surface area contributed by atoms with Crippen LogP contribution < -0.4 is 23.7 Å². The molecule has 642 valence electrons. The van der Waals surface area contributed by atoms with Crippen LogP contribution in [-0.2, 0) is 57.7 Å². The third-order valence-electron chi connectivity index (χ3n) is 21.3. The molecule has 4 aliphatic heterocycles. The summed E-state index contributed by atoms with van der Waals surface area (Å²) in [4.78, 5) is 165. The van der Waals surface area contributed by atoms with Crippen LogP contribution in [0, 0.1) is 0 Å². The van der Waals surface area contributed by atoms with Gasteiger partial charge in [-0.3, -0.25) is 0 Å². The van der Waals surface area contributed by atoms with Crippen molar-refractivity contribution in [3.63, 3.8) is 0 Å². The Balaban J connectivity index is 0.896. The van der Waals surface area contributed by atoms with Crippen LogP contribution in [0.25, 0.3) is 0 Å². The van der Waals surface area contributed by atoms with Crippen molar-refractivity contribution in [2.24, 2.45) is 0 Å². The molecule has 0 unspecified atom stereocenters. The standard InChI is InChI=1S/C102H72O27/c103-89(61-33-11-1-12-34-61)114-59-77-83(121-93(107)65-41-19-5-20-42-65)85(123-95(109)67-45-23-7-24-46-67)87(125-97(111)69-49-27-9-28-50-69)100(118-77)127-81-75(116-91(105)63-37-15-3-16-38-63)57-55-73-79(81)120-80-74(102(73)72-54-32-31-53-71(72)99(113)129-102)56-58-76(117-92(106)64-39-17-4-18-40-64)82(80)128-101-88(126-98(112)70-51-29-10-30-52-70)86(124-96(110)68-47-25-8-26-48-68)84(122-94(108)66-43-21-6-22-44-66)78(119-101)60-115-90(104)62-35-13-2-14-36-62/h1-58,77-78,83-88,100-101H,59-60H2/t77-,78-,83-,84-,85+,86+,87-,88-,100+,101+/m1/s1. The van der Waals surface area contributed by atoms with Crippen LogP contribution in [0.1, 0.15) is 131 Å². The molecule has 17 rings (SSSR count). The zero-order valence-electron chi connectivity index (χ0n) is 67.7. The first-order valence-corrected chi connectivity index (χ1v) is 40.6. The SMILES string of the molecule is O=C(OC[C@H]1O[C@@H](Oc2c(OC(=O)c3ccccc3)ccc3c2Oc2c(ccc(OC(=O)c4ccccc4)c2O[C@@H]2O[C@H](COC(=O)c4ccccc4)[C@@H](OC(=O)c4ccccc4)[C@H](OC(=O)c4ccccc4)[C@H]2OC(=O)c2ccccc2)C32OC(=O)c3ccccc32)[C@H](OC(=O)c2ccccc2)[C@@H](OC(=O)c2ccccc2)[C@@H]1OC(=O)c1ccccc1)c1ccccc1. The maximum Gasteiger partial charge on any atom is 0.343 e. The smallest absolute Gasteiger partial charge is 0.343 e. The van der Waals surface area contributed by atoms with E-state index in [4.69, 9.17) is 75.8 Å². The molecule has 10 atom stereocenters. The van der Waals surface area contributed by atoms with E-state index < -0.39 is 180 Å². The van der Waals surface area contributed by atoms with E-state index in [9.17, 15) is 19.2 Å². The molecule has 0 saturated carbocycles. The fraction of sp³-hybridized carbons (Fsp3) is 0.127. The number of hydrogen-bond acceptors (Lipinski definition) is 27. The highest BCUT2D eigenvalue weighted by atomic mass is 16.8. The fourth-order valence-corrected chi connectivity index (χ4v) is 15.0. The van der Waals surface area contributed by atoms with Gasteiger partial charge in [0.25, 0.3) is 0 Å². The Hall–Kier alpha value is -16.7. The number of carbonyl (C=O) groups excluding carboxylic acids is 11. The molecule has 1 spiro atoms. The molecule has 0 bridgehead atoms. The number of fused-ring (bicyclic) bond motifs is 6. The number of hydrogen-bond donors (Lipinski definition) is 0. The quantitative estimate of drug-likeness (QED) is 0.0276. The molecular formula is C102H72O27. The number of ether oxygens (including phenoxy) is 16. The summed E-state index contributed by atoms with van der Waals surface area (Å²) in [6.07, 6.45) is -20.9. The van der Waals surface area contributed by atoms with E-state index in [1.807, 2.05) is 0 Å². The van der Waals surface area contributed by atoms with Gasteiger partial charge in [-0.1, -0.05) is 200 Å². The lowest BCUT2D eigenvalue weighted by Gasteiger charge is -2.45. The van der Waals surface area contributed by atoms with Crippen molar-refractivity contribution < 1.29 is 129 Å². The van der Waals surface area contributed by atoms with Gasteiger partial charge in [-0.15, -0.1) is 0 Å². The van der Waals surface area contributed by atoms with Crippen LogP contribution in [-0.4, -0.2) is 140 Å². The minimum atomic E-state index is -2.40. The first-order chi connectivity index (χ1) is 63.0. The van der Waals surface area contributed by atoms with Crippen molar-refractivity contribution in [1.82, 2.24) is 0 Å². The molecule has 2 saturated heterocycles. The van der Waals surface area contributed by atoms with Gasteiger partial charge in [0.05, 0.1) is 72.3 Å². The van der Waals surface area contributed by atoms with Gasteiger partial charge >= 0.3 is 65.7 Å². The maximum atomic E-state index is 15.3. The summed E-state index contributed by atoms with van der Waals surface area (Å²) in [5, 5.41) is 0. The second kappa shape index (κ2) is 38.2. The monoisotopic (exact) mass is 1730 g/mol. The van der Waals surface area contributed by atoms with Gasteiger partial charge < -0.3 is 75.8 Å². The summed E-state index contributed by atoms with van der Waals surface area (Å²) in [5.41, 5.74) is -3.14. The van der Waals surface area contributed by atoms with Crippen LogP contribution in [0.4, 0.5) is 0 Å². The van der Waals surface area contributed by atoms with Crippen LogP contribution in [0.2, 0.25) is 0 Å². The molecule has 2 fully saturated rings. The Morgan fingerprint density at radius 1 is 0.256 bits per heavy atom. The van der Waals surface area contributed by atoms with E-state index in [1.54, 1.807) is 176 Å². The Morgan fingerprint density at radius 2 is 0.504 bits per heavy atom. The molecule has 0 aliphatic carbocycles. The molecule has 0 amide bonds. The zero-order valence-corrected chi connectivity index (χ0v) is 67.7. The van der Waals surface area contributed by atoms with Crippen molar-refractivity contribution in [1.29, 1.82) is 0 Å². The van der Waals surface area contributed by atoms with Gasteiger partial charge in [0.1, 0.15) is 25.4 Å². The van der Waals surface area contributed by atoms with Crippen molar-refractivity contribution in [3.8, 4) is 34.5 Å². The van der Waals surface area contributed by atoms with Gasteiger partial charge in [-0.2, -0.15) is 0 Å². The highest BCUT2D eigenvalue weighted by Gasteiger charge is 2.60. The maximum absolute atomic E-state index is 15.3. The third-order valence-corrected chi connectivity index (χ3v) is 21.3. The van der Waals surface area contributed by atoms with E-state index in [0.29, 0.717) is 0 Å². The van der Waals surface area contributed by atoms with Crippen molar-refractivity contribution in [2.45, 2.75) is 67.0 Å². The van der Waals surface area contributed by atoms with E-state index >= 15 is 33.6 Å². The Morgan fingerprint density at radius 3 is 0.798 bits per heavy atom. The van der Waals surface area contributed by atoms with Crippen molar-refractivity contribution in [2.75, 3.05) is 13.2 Å². The van der Waals surface area contributed by atoms with Crippen molar-refractivity contribution >= 4 is 65.7 Å². The average Bonchev–Trinajstić information content (AvgIpc) is 1.67. The molecule has 0 N–H and O–H groups in total. The molecule has 27 heteroatoms. The number of esters is 11. The highest BCUT2D eigenvalue weighted by Crippen LogP contribution is 2.63. The van der Waals surface area contributed by atoms with Gasteiger partial charge in [-0.05, 0) is 152 Å². The van der Waals surface area contributed by atoms with Gasteiger partial charge in [0.15, 0.2) is 53.0 Å². The first kappa shape index (κ1) is 84.6. The number of benzene rings is 13. The summed E-state index contributed by atoms with van der Waals surface area (Å²) in [7, 11) is 0. The van der Waals surface area contributed by atoms with Crippen LogP contribution in [0.15, 0.2) is 352 Å². The lowest BCUT2D eigenvalue weighted by atomic mass is 9.77. The van der Waals surface area contributed by atoms with Crippen LogP contribution >= 0.6 is 0 Å². The number of rotatable bonds is 26. The second-order valence-electron chi connectivity index (χ2n) is 29.4. The van der Waals surface area contributed by atoms with Gasteiger partial charge in [-0.25, -0.2) is 52.7 Å². The summed E-state index contributed by atoms with van der Waals surface area (Å²) >= 11 is 0. The van der Waals surface area contributed by atoms with Crippen molar-refractivity contribution in [3.05, 3.63) is 430 Å². The predicted octanol–water partition coefficient (Wildman–Crippen LogP) is 16.0. The summed E-state index contributed by atoms with van der Waals surface area (Å²) < 4.78 is 107. The largest absolute Gasteiger partial charge is 0.459 e.